The van der Waals surface area contributed by atoms with Gasteiger partial charge in [-0.05, 0) is 37.6 Å². The summed E-state index contributed by atoms with van der Waals surface area (Å²) in [5.41, 5.74) is 0.0572. The Labute approximate surface area is 106 Å². The van der Waals surface area contributed by atoms with Gasteiger partial charge in [-0.3, -0.25) is 4.79 Å². The van der Waals surface area contributed by atoms with E-state index in [-0.39, 0.29) is 11.5 Å². The van der Waals surface area contributed by atoms with Crippen molar-refractivity contribution < 1.29 is 13.9 Å². The zero-order valence-corrected chi connectivity index (χ0v) is 10.3. The lowest BCUT2D eigenvalue weighted by atomic mass is 10.1. The summed E-state index contributed by atoms with van der Waals surface area (Å²) in [4.78, 5) is 11.8. The number of halogens is 1. The van der Waals surface area contributed by atoms with E-state index < -0.39 is 5.82 Å². The van der Waals surface area contributed by atoms with Crippen molar-refractivity contribution in [2.45, 2.75) is 6.42 Å². The Morgan fingerprint density at radius 3 is 3.06 bits per heavy atom. The average molecular weight is 252 g/mol. The van der Waals surface area contributed by atoms with Gasteiger partial charge in [0.1, 0.15) is 11.6 Å². The second kappa shape index (κ2) is 5.82. The van der Waals surface area contributed by atoms with Crippen molar-refractivity contribution in [1.29, 1.82) is 0 Å². The summed E-state index contributed by atoms with van der Waals surface area (Å²) in [5.74, 6) is -0.0854. The third kappa shape index (κ3) is 2.98. The molecule has 98 valence electrons. The van der Waals surface area contributed by atoms with E-state index in [1.807, 2.05) is 0 Å². The van der Waals surface area contributed by atoms with Gasteiger partial charge in [0.25, 0.3) is 5.91 Å². The van der Waals surface area contributed by atoms with Crippen LogP contribution in [0.4, 0.5) is 4.39 Å². The largest absolute Gasteiger partial charge is 0.497 e. The molecular weight excluding hydrogens is 235 g/mol. The zero-order chi connectivity index (χ0) is 13.0. The Hall–Kier alpha value is -1.62. The highest BCUT2D eigenvalue weighted by molar-refractivity contribution is 5.94. The van der Waals surface area contributed by atoms with Crippen LogP contribution in [-0.2, 0) is 0 Å². The second-order valence-electron chi connectivity index (χ2n) is 4.41. The lowest BCUT2D eigenvalue weighted by Gasteiger charge is -2.11. The van der Waals surface area contributed by atoms with Crippen LogP contribution in [-0.4, -0.2) is 32.7 Å². The third-order valence-corrected chi connectivity index (χ3v) is 3.13. The maximum absolute atomic E-state index is 13.6. The minimum Gasteiger partial charge on any atom is -0.497 e. The first kappa shape index (κ1) is 12.8. The van der Waals surface area contributed by atoms with Crippen LogP contribution < -0.4 is 15.4 Å². The molecule has 1 aliphatic heterocycles. The fraction of sp³-hybridized carbons (Fsp3) is 0.462. The van der Waals surface area contributed by atoms with Crippen LogP contribution in [0.1, 0.15) is 16.8 Å². The summed E-state index contributed by atoms with van der Waals surface area (Å²) in [7, 11) is 1.46. The Morgan fingerprint density at radius 2 is 2.44 bits per heavy atom. The molecule has 0 radical (unpaired) electrons. The maximum atomic E-state index is 13.6. The number of carbonyl (C=O) groups excluding carboxylic acids is 1. The molecule has 0 saturated carbocycles. The van der Waals surface area contributed by atoms with Crippen LogP contribution >= 0.6 is 0 Å². The predicted octanol–water partition coefficient (Wildman–Crippen LogP) is 1.17. The highest BCUT2D eigenvalue weighted by Crippen LogP contribution is 2.16. The van der Waals surface area contributed by atoms with Crippen LogP contribution in [0, 0.1) is 11.7 Å². The molecule has 2 rings (SSSR count). The van der Waals surface area contributed by atoms with Crippen molar-refractivity contribution in [3.63, 3.8) is 0 Å². The van der Waals surface area contributed by atoms with Gasteiger partial charge < -0.3 is 15.4 Å². The Morgan fingerprint density at radius 1 is 1.61 bits per heavy atom. The highest BCUT2D eigenvalue weighted by atomic mass is 19.1. The van der Waals surface area contributed by atoms with E-state index in [2.05, 4.69) is 10.6 Å². The monoisotopic (exact) mass is 252 g/mol. The van der Waals surface area contributed by atoms with Crippen molar-refractivity contribution in [1.82, 2.24) is 10.6 Å². The Bertz CT molecular complexity index is 431. The first-order chi connectivity index (χ1) is 8.70. The van der Waals surface area contributed by atoms with Gasteiger partial charge in [0.2, 0.25) is 0 Å². The van der Waals surface area contributed by atoms with Crippen molar-refractivity contribution in [3.8, 4) is 5.75 Å². The van der Waals surface area contributed by atoms with Gasteiger partial charge in [-0.1, -0.05) is 0 Å². The molecule has 1 unspecified atom stereocenters. The number of ether oxygens (including phenoxy) is 1. The summed E-state index contributed by atoms with van der Waals surface area (Å²) >= 11 is 0. The van der Waals surface area contributed by atoms with Gasteiger partial charge >= 0.3 is 0 Å². The van der Waals surface area contributed by atoms with Crippen molar-refractivity contribution >= 4 is 5.91 Å². The molecule has 18 heavy (non-hydrogen) atoms. The molecule has 1 fully saturated rings. The number of carbonyl (C=O) groups is 1. The lowest BCUT2D eigenvalue weighted by Crippen LogP contribution is -2.30. The van der Waals surface area contributed by atoms with Gasteiger partial charge in [-0.25, -0.2) is 4.39 Å². The first-order valence-corrected chi connectivity index (χ1v) is 6.03. The number of hydrogen-bond donors (Lipinski definition) is 2. The predicted molar refractivity (Wildman–Crippen MR) is 66.3 cm³/mol. The van der Waals surface area contributed by atoms with E-state index in [1.165, 1.54) is 19.2 Å². The normalized spacial score (nSPS) is 18.7. The second-order valence-corrected chi connectivity index (χ2v) is 4.41. The molecule has 0 aliphatic carbocycles. The molecule has 5 heteroatoms. The molecule has 1 saturated heterocycles. The molecule has 1 atom stereocenters. The van der Waals surface area contributed by atoms with Crippen LogP contribution in [0.3, 0.4) is 0 Å². The number of nitrogens with one attached hydrogen (secondary N) is 2. The number of amides is 1. The van der Waals surface area contributed by atoms with Crippen molar-refractivity contribution in [2.75, 3.05) is 26.7 Å². The van der Waals surface area contributed by atoms with E-state index in [9.17, 15) is 9.18 Å². The minimum atomic E-state index is -0.559. The third-order valence-electron chi connectivity index (χ3n) is 3.13. The smallest absolute Gasteiger partial charge is 0.254 e. The summed E-state index contributed by atoms with van der Waals surface area (Å²) in [6.45, 7) is 2.47. The quantitative estimate of drug-likeness (QED) is 0.846. The first-order valence-electron chi connectivity index (χ1n) is 6.03. The van der Waals surface area contributed by atoms with Crippen LogP contribution in [0.2, 0.25) is 0 Å². The summed E-state index contributed by atoms with van der Waals surface area (Å²) in [6.07, 6.45) is 1.05. The van der Waals surface area contributed by atoms with Crippen molar-refractivity contribution in [3.05, 3.63) is 29.6 Å². The van der Waals surface area contributed by atoms with Gasteiger partial charge in [0.05, 0.1) is 12.7 Å². The molecule has 1 heterocycles. The Balaban J connectivity index is 1.95. The SMILES string of the molecule is COc1ccc(C(=O)NCC2CCNC2)c(F)c1. The fourth-order valence-electron chi connectivity index (χ4n) is 2.03. The fourth-order valence-corrected chi connectivity index (χ4v) is 2.03. The number of methoxy groups -OCH3 is 1. The molecule has 0 aromatic heterocycles. The molecule has 1 aromatic rings. The molecule has 1 amide bonds. The topological polar surface area (TPSA) is 50.4 Å². The lowest BCUT2D eigenvalue weighted by molar-refractivity contribution is 0.0944. The number of hydrogen-bond acceptors (Lipinski definition) is 3. The zero-order valence-electron chi connectivity index (χ0n) is 10.3. The van der Waals surface area contributed by atoms with E-state index >= 15 is 0 Å². The van der Waals surface area contributed by atoms with Crippen LogP contribution in [0.25, 0.3) is 0 Å². The highest BCUT2D eigenvalue weighted by Gasteiger charge is 2.17. The maximum Gasteiger partial charge on any atom is 0.254 e. The summed E-state index contributed by atoms with van der Waals surface area (Å²) in [5, 5.41) is 5.98. The molecule has 4 nitrogen and oxygen atoms in total. The summed E-state index contributed by atoms with van der Waals surface area (Å²) < 4.78 is 18.5. The molecule has 1 aromatic carbocycles. The minimum absolute atomic E-state index is 0.0572. The molecular formula is C13H17FN2O2. The van der Waals surface area contributed by atoms with Gasteiger partial charge in [0, 0.05) is 12.6 Å². The standard InChI is InChI=1S/C13H17FN2O2/c1-18-10-2-3-11(12(14)6-10)13(17)16-8-9-4-5-15-7-9/h2-3,6,9,15H,4-5,7-8H2,1H3,(H,16,17). The molecule has 2 N–H and O–H groups in total. The van der Waals surface area contributed by atoms with E-state index in [0.717, 1.165) is 19.5 Å². The summed E-state index contributed by atoms with van der Waals surface area (Å²) in [6, 6.07) is 4.23. The number of rotatable bonds is 4. The van der Waals surface area contributed by atoms with Gasteiger partial charge in [-0.2, -0.15) is 0 Å². The molecule has 1 aliphatic rings. The average Bonchev–Trinajstić information content (AvgIpc) is 2.88. The molecule has 0 bridgehead atoms. The van der Waals surface area contributed by atoms with Gasteiger partial charge in [0.15, 0.2) is 0 Å². The van der Waals surface area contributed by atoms with Crippen LogP contribution in [0.5, 0.6) is 5.75 Å². The Kier molecular flexibility index (Phi) is 4.15. The van der Waals surface area contributed by atoms with E-state index in [4.69, 9.17) is 4.74 Å². The number of benzene rings is 1. The van der Waals surface area contributed by atoms with Crippen molar-refractivity contribution in [2.24, 2.45) is 5.92 Å². The van der Waals surface area contributed by atoms with Crippen LogP contribution in [0.15, 0.2) is 18.2 Å². The van der Waals surface area contributed by atoms with E-state index in [0.29, 0.717) is 18.2 Å². The molecule has 0 spiro atoms. The van der Waals surface area contributed by atoms with E-state index in [1.54, 1.807) is 6.07 Å². The van der Waals surface area contributed by atoms with Gasteiger partial charge in [-0.15, -0.1) is 0 Å².